The van der Waals surface area contributed by atoms with Gasteiger partial charge in [-0.05, 0) is 36.4 Å². The van der Waals surface area contributed by atoms with Crippen LogP contribution in [-0.2, 0) is 0 Å². The molecule has 30 heavy (non-hydrogen) atoms. The molecule has 1 aliphatic rings. The van der Waals surface area contributed by atoms with Crippen LogP contribution in [0.2, 0.25) is 10.0 Å². The fourth-order valence-corrected chi connectivity index (χ4v) is 4.39. The van der Waals surface area contributed by atoms with Crippen molar-refractivity contribution in [1.82, 2.24) is 14.6 Å². The second-order valence-corrected chi connectivity index (χ2v) is 8.16. The van der Waals surface area contributed by atoms with Crippen molar-refractivity contribution in [3.05, 3.63) is 75.0 Å². The Morgan fingerprint density at radius 3 is 2.63 bits per heavy atom. The predicted octanol–water partition coefficient (Wildman–Crippen LogP) is 5.08. The van der Waals surface area contributed by atoms with Crippen LogP contribution in [0.3, 0.4) is 0 Å². The number of nitrogens with zero attached hydrogens (tertiary/aromatic N) is 3. The van der Waals surface area contributed by atoms with Gasteiger partial charge in [0.25, 0.3) is 5.56 Å². The summed E-state index contributed by atoms with van der Waals surface area (Å²) in [6, 6.07) is 10.9. The quantitative estimate of drug-likeness (QED) is 0.423. The van der Waals surface area contributed by atoms with Crippen LogP contribution in [0, 0.1) is 5.82 Å². The monoisotopic (exact) mass is 461 g/mol. The highest BCUT2D eigenvalue weighted by atomic mass is 35.5. The lowest BCUT2D eigenvalue weighted by Gasteiger charge is -2.10. The summed E-state index contributed by atoms with van der Waals surface area (Å²) >= 11 is 13.8. The molecular formula is C20H10Cl2FN3O3S. The van der Waals surface area contributed by atoms with Crippen molar-refractivity contribution in [2.45, 2.75) is 9.92 Å². The number of fused-ring (bicyclic) bond motifs is 2. The summed E-state index contributed by atoms with van der Waals surface area (Å²) in [5.74, 6) is 0.606. The number of rotatable bonds is 3. The summed E-state index contributed by atoms with van der Waals surface area (Å²) in [5.41, 5.74) is 0.842. The molecule has 5 rings (SSSR count). The Balaban J connectivity index is 1.61. The first kappa shape index (κ1) is 19.2. The van der Waals surface area contributed by atoms with Gasteiger partial charge in [-0.25, -0.2) is 8.91 Å². The van der Waals surface area contributed by atoms with Gasteiger partial charge < -0.3 is 9.47 Å². The highest BCUT2D eigenvalue weighted by Gasteiger charge is 2.21. The van der Waals surface area contributed by atoms with E-state index in [0.717, 1.165) is 0 Å². The molecule has 150 valence electrons. The molecule has 0 atom stereocenters. The molecule has 0 saturated carbocycles. The maximum Gasteiger partial charge on any atom is 0.281 e. The van der Waals surface area contributed by atoms with Gasteiger partial charge >= 0.3 is 0 Å². The molecule has 0 amide bonds. The summed E-state index contributed by atoms with van der Waals surface area (Å²) in [4.78, 5) is 17.2. The van der Waals surface area contributed by atoms with E-state index >= 15 is 0 Å². The van der Waals surface area contributed by atoms with Crippen LogP contribution in [0.15, 0.2) is 63.5 Å². The normalized spacial score (nSPS) is 12.5. The fraction of sp³-hybridized carbons (Fsp3) is 0.0500. The molecule has 2 aromatic carbocycles. The van der Waals surface area contributed by atoms with Gasteiger partial charge in [-0.3, -0.25) is 4.79 Å². The zero-order valence-electron chi connectivity index (χ0n) is 14.9. The summed E-state index contributed by atoms with van der Waals surface area (Å²) in [5, 5.41) is 5.70. The molecule has 10 heteroatoms. The minimum absolute atomic E-state index is 0.0932. The third kappa shape index (κ3) is 3.36. The first-order valence-electron chi connectivity index (χ1n) is 8.61. The van der Waals surface area contributed by atoms with E-state index in [0.29, 0.717) is 43.1 Å². The van der Waals surface area contributed by atoms with Gasteiger partial charge in [-0.2, -0.15) is 10.1 Å². The molecule has 6 nitrogen and oxygen atoms in total. The average molecular weight is 462 g/mol. The van der Waals surface area contributed by atoms with E-state index in [9.17, 15) is 9.18 Å². The Labute approximate surface area is 183 Å². The maximum atomic E-state index is 13.3. The molecule has 0 bridgehead atoms. The van der Waals surface area contributed by atoms with Crippen LogP contribution in [0.1, 0.15) is 0 Å². The lowest BCUT2D eigenvalue weighted by molar-refractivity contribution is 0.174. The first-order valence-corrected chi connectivity index (χ1v) is 10.2. The highest BCUT2D eigenvalue weighted by molar-refractivity contribution is 7.99. The summed E-state index contributed by atoms with van der Waals surface area (Å²) in [7, 11) is 0. The Kier molecular flexibility index (Phi) is 4.77. The van der Waals surface area contributed by atoms with Crippen molar-refractivity contribution in [2.24, 2.45) is 0 Å². The molecule has 0 aliphatic carbocycles. The Morgan fingerprint density at radius 1 is 1.03 bits per heavy atom. The standard InChI is InChI=1S/C20H10Cl2FN3O3S/c21-12-7-16-15(28-9-29-16)6-11(12)19-14-2-4-18(25-26(14)8-24-20(19)27)30-17-3-1-10(23)5-13(17)22/h1-8H,9H2. The van der Waals surface area contributed by atoms with Gasteiger partial charge in [-0.1, -0.05) is 35.0 Å². The predicted molar refractivity (Wildman–Crippen MR) is 111 cm³/mol. The van der Waals surface area contributed by atoms with E-state index < -0.39 is 11.4 Å². The topological polar surface area (TPSA) is 65.7 Å². The van der Waals surface area contributed by atoms with E-state index in [2.05, 4.69) is 10.1 Å². The van der Waals surface area contributed by atoms with Crippen molar-refractivity contribution in [3.8, 4) is 22.6 Å². The van der Waals surface area contributed by atoms with Gasteiger partial charge in [0, 0.05) is 16.5 Å². The van der Waals surface area contributed by atoms with Crippen LogP contribution in [-0.4, -0.2) is 21.4 Å². The van der Waals surface area contributed by atoms with Crippen molar-refractivity contribution < 1.29 is 13.9 Å². The molecule has 1 aliphatic heterocycles. The van der Waals surface area contributed by atoms with E-state index in [1.165, 1.54) is 34.7 Å². The Hall–Kier alpha value is -2.81. The highest BCUT2D eigenvalue weighted by Crippen LogP contribution is 2.41. The lowest BCUT2D eigenvalue weighted by Crippen LogP contribution is -2.13. The van der Waals surface area contributed by atoms with Gasteiger partial charge in [0.1, 0.15) is 17.2 Å². The van der Waals surface area contributed by atoms with Crippen molar-refractivity contribution >= 4 is 40.5 Å². The van der Waals surface area contributed by atoms with Gasteiger partial charge in [0.2, 0.25) is 6.79 Å². The Bertz CT molecular complexity index is 1380. The van der Waals surface area contributed by atoms with Crippen LogP contribution in [0.5, 0.6) is 11.5 Å². The lowest BCUT2D eigenvalue weighted by atomic mass is 10.1. The average Bonchev–Trinajstić information content (AvgIpc) is 3.17. The second-order valence-electron chi connectivity index (χ2n) is 6.29. The van der Waals surface area contributed by atoms with Gasteiger partial charge in [-0.15, -0.1) is 0 Å². The van der Waals surface area contributed by atoms with E-state index in [1.54, 1.807) is 30.3 Å². The minimum Gasteiger partial charge on any atom is -0.454 e. The SMILES string of the molecule is O=c1ncn2nc(Sc3ccc(F)cc3Cl)ccc2c1-c1cc2c(cc1Cl)OCO2. The number of aromatic nitrogens is 3. The van der Waals surface area contributed by atoms with Crippen LogP contribution < -0.4 is 15.0 Å². The number of ether oxygens (including phenoxy) is 2. The third-order valence-electron chi connectivity index (χ3n) is 4.43. The van der Waals surface area contributed by atoms with Crippen LogP contribution in [0.4, 0.5) is 4.39 Å². The molecule has 0 fully saturated rings. The molecule has 3 heterocycles. The van der Waals surface area contributed by atoms with Crippen LogP contribution in [0.25, 0.3) is 16.6 Å². The first-order chi connectivity index (χ1) is 14.5. The molecule has 0 radical (unpaired) electrons. The van der Waals surface area contributed by atoms with Crippen LogP contribution >= 0.6 is 35.0 Å². The summed E-state index contributed by atoms with van der Waals surface area (Å²) in [6.45, 7) is 0.0932. The fourth-order valence-electron chi connectivity index (χ4n) is 3.07. The number of hydrogen-bond acceptors (Lipinski definition) is 6. The Morgan fingerprint density at radius 2 is 1.83 bits per heavy atom. The van der Waals surface area contributed by atoms with E-state index in [1.807, 2.05) is 0 Å². The summed E-state index contributed by atoms with van der Waals surface area (Å²) < 4.78 is 25.5. The zero-order chi connectivity index (χ0) is 20.8. The zero-order valence-corrected chi connectivity index (χ0v) is 17.3. The van der Waals surface area contributed by atoms with Gasteiger partial charge in [0.05, 0.1) is 21.1 Å². The molecule has 0 spiro atoms. The van der Waals surface area contributed by atoms with E-state index in [-0.39, 0.29) is 11.8 Å². The number of halogens is 3. The van der Waals surface area contributed by atoms with Crippen molar-refractivity contribution in [2.75, 3.05) is 6.79 Å². The molecule has 4 aromatic rings. The molecule has 0 N–H and O–H groups in total. The third-order valence-corrected chi connectivity index (χ3v) is 6.17. The second kappa shape index (κ2) is 7.46. The molecule has 0 saturated heterocycles. The molecule has 0 unspecified atom stereocenters. The smallest absolute Gasteiger partial charge is 0.281 e. The maximum absolute atomic E-state index is 13.3. The number of hydrogen-bond donors (Lipinski definition) is 0. The summed E-state index contributed by atoms with van der Waals surface area (Å²) in [6.07, 6.45) is 1.33. The largest absolute Gasteiger partial charge is 0.454 e. The van der Waals surface area contributed by atoms with Crippen molar-refractivity contribution in [1.29, 1.82) is 0 Å². The molecular weight excluding hydrogens is 452 g/mol. The van der Waals surface area contributed by atoms with Gasteiger partial charge in [0.15, 0.2) is 11.5 Å². The molecule has 2 aromatic heterocycles. The number of benzene rings is 2. The van der Waals surface area contributed by atoms with E-state index in [4.69, 9.17) is 32.7 Å². The minimum atomic E-state index is -0.445. The van der Waals surface area contributed by atoms with Crippen molar-refractivity contribution in [3.63, 3.8) is 0 Å².